The summed E-state index contributed by atoms with van der Waals surface area (Å²) in [6.45, 7) is 0.286. The van der Waals surface area contributed by atoms with Crippen molar-refractivity contribution in [2.45, 2.75) is 12.5 Å². The zero-order valence-corrected chi connectivity index (χ0v) is 25.6. The van der Waals surface area contributed by atoms with Gasteiger partial charge < -0.3 is 24.8 Å². The van der Waals surface area contributed by atoms with Crippen LogP contribution in [0.2, 0.25) is 5.02 Å². The van der Waals surface area contributed by atoms with E-state index in [1.54, 1.807) is 6.07 Å². The van der Waals surface area contributed by atoms with Crippen molar-refractivity contribution in [3.05, 3.63) is 118 Å². The first-order valence-corrected chi connectivity index (χ1v) is 15.0. The molecule has 0 saturated heterocycles. The maximum absolute atomic E-state index is 15.3. The molecular formula is C34H24ClFN6O6. The molecule has 1 atom stereocenters. The number of carbonyl (C=O) groups excluding carboxylic acids is 2. The quantitative estimate of drug-likeness (QED) is 0.220. The Balaban J connectivity index is 1.26. The molecule has 0 radical (unpaired) electrons. The topological polar surface area (TPSA) is 149 Å². The van der Waals surface area contributed by atoms with Crippen molar-refractivity contribution in [2.75, 3.05) is 18.7 Å². The van der Waals surface area contributed by atoms with Crippen LogP contribution in [0.4, 0.5) is 10.1 Å². The lowest BCUT2D eigenvalue weighted by Crippen LogP contribution is -2.45. The van der Waals surface area contributed by atoms with E-state index in [9.17, 15) is 19.5 Å². The molecule has 0 bridgehead atoms. The molecule has 14 heteroatoms. The Labute approximate surface area is 277 Å². The number of benzene rings is 4. The Morgan fingerprint density at radius 1 is 1.02 bits per heavy atom. The third-order valence-corrected chi connectivity index (χ3v) is 8.43. The van der Waals surface area contributed by atoms with E-state index in [0.29, 0.717) is 29.2 Å². The van der Waals surface area contributed by atoms with Gasteiger partial charge in [-0.15, -0.1) is 5.10 Å². The number of nitrogens with one attached hydrogen (secondary N) is 1. The summed E-state index contributed by atoms with van der Waals surface area (Å²) in [4.78, 5) is 40.7. The second-order valence-electron chi connectivity index (χ2n) is 10.9. The average Bonchev–Trinajstić information content (AvgIpc) is 3.81. The summed E-state index contributed by atoms with van der Waals surface area (Å²) in [5.41, 5.74) is 3.82. The molecule has 4 aromatic carbocycles. The molecule has 0 spiro atoms. The van der Waals surface area contributed by atoms with Gasteiger partial charge in [-0.05, 0) is 93.7 Å². The van der Waals surface area contributed by atoms with Crippen LogP contribution in [0.15, 0.2) is 85.2 Å². The molecule has 0 fully saturated rings. The predicted molar refractivity (Wildman–Crippen MR) is 171 cm³/mol. The maximum Gasteiger partial charge on any atom is 0.335 e. The van der Waals surface area contributed by atoms with Crippen molar-refractivity contribution in [3.8, 4) is 28.3 Å². The number of hydrogen-bond acceptors (Lipinski definition) is 8. The number of tetrazole rings is 1. The number of anilines is 1. The first-order chi connectivity index (χ1) is 23.3. The van der Waals surface area contributed by atoms with Gasteiger partial charge in [0, 0.05) is 23.9 Å². The number of halogens is 2. The van der Waals surface area contributed by atoms with Crippen LogP contribution in [0.5, 0.6) is 11.5 Å². The molecule has 7 rings (SSSR count). The Bertz CT molecular complexity index is 2100. The van der Waals surface area contributed by atoms with E-state index < -0.39 is 29.6 Å². The van der Waals surface area contributed by atoms with E-state index in [2.05, 4.69) is 20.8 Å². The van der Waals surface area contributed by atoms with Crippen molar-refractivity contribution in [1.29, 1.82) is 0 Å². The molecule has 1 aromatic heterocycles. The van der Waals surface area contributed by atoms with Gasteiger partial charge >= 0.3 is 5.97 Å². The molecule has 5 aromatic rings. The van der Waals surface area contributed by atoms with E-state index in [4.69, 9.17) is 21.1 Å². The molecule has 0 saturated carbocycles. The number of nitrogens with zero attached hydrogens (tertiary/aromatic N) is 5. The van der Waals surface area contributed by atoms with Gasteiger partial charge in [0.05, 0.1) is 16.3 Å². The van der Waals surface area contributed by atoms with E-state index >= 15 is 4.39 Å². The standard InChI is InChI=1S/C34H24ClFN6O6/c35-26-10-11-27(42-17-37-39-40-42)25(31(26)36)9-13-30(43)41-15-14-23-22(20-6-12-28-29(16-20)48-18-47-28)2-1-3-24(23)32(41)33(44)38-21-7-4-19(5-8-21)34(45)46/h1-13,16-17,32H,14-15,18H2,(H,38,44)(H,45,46)/b13-9+. The summed E-state index contributed by atoms with van der Waals surface area (Å²) < 4.78 is 27.5. The van der Waals surface area contributed by atoms with Gasteiger partial charge in [-0.3, -0.25) is 9.59 Å². The van der Waals surface area contributed by atoms with Crippen LogP contribution in [0.3, 0.4) is 0 Å². The fraction of sp³-hybridized carbons (Fsp3) is 0.118. The monoisotopic (exact) mass is 666 g/mol. The van der Waals surface area contributed by atoms with Crippen LogP contribution in [-0.2, 0) is 16.0 Å². The normalized spacial score (nSPS) is 15.0. The Hall–Kier alpha value is -6.08. The van der Waals surface area contributed by atoms with Gasteiger partial charge in [0.1, 0.15) is 12.4 Å². The van der Waals surface area contributed by atoms with Gasteiger partial charge in [-0.25, -0.2) is 9.18 Å². The molecule has 12 nitrogen and oxygen atoms in total. The number of hydrogen-bond donors (Lipinski definition) is 2. The third-order valence-electron chi connectivity index (χ3n) is 8.13. The first-order valence-electron chi connectivity index (χ1n) is 14.6. The van der Waals surface area contributed by atoms with Crippen molar-refractivity contribution < 1.29 is 33.4 Å². The highest BCUT2D eigenvalue weighted by atomic mass is 35.5. The van der Waals surface area contributed by atoms with Crippen LogP contribution in [-0.4, -0.2) is 61.3 Å². The highest BCUT2D eigenvalue weighted by molar-refractivity contribution is 6.31. The second kappa shape index (κ2) is 12.6. The number of rotatable bonds is 7. The minimum Gasteiger partial charge on any atom is -0.478 e. The zero-order valence-electron chi connectivity index (χ0n) is 24.8. The summed E-state index contributed by atoms with van der Waals surface area (Å²) >= 11 is 6.07. The number of aromatic carboxylic acids is 1. The number of carbonyl (C=O) groups is 3. The third kappa shape index (κ3) is 5.71. The Morgan fingerprint density at radius 3 is 2.60 bits per heavy atom. The number of aromatic nitrogens is 4. The van der Waals surface area contributed by atoms with Crippen LogP contribution in [0.1, 0.15) is 33.1 Å². The summed E-state index contributed by atoms with van der Waals surface area (Å²) in [7, 11) is 0. The van der Waals surface area contributed by atoms with Crippen LogP contribution in [0, 0.1) is 5.82 Å². The summed E-state index contributed by atoms with van der Waals surface area (Å²) in [5.74, 6) is -1.71. The van der Waals surface area contributed by atoms with Gasteiger partial charge in [0.2, 0.25) is 12.7 Å². The van der Waals surface area contributed by atoms with Crippen molar-refractivity contribution in [1.82, 2.24) is 25.1 Å². The molecule has 1 unspecified atom stereocenters. The molecule has 2 aliphatic rings. The number of amides is 2. The van der Waals surface area contributed by atoms with Gasteiger partial charge in [-0.1, -0.05) is 35.9 Å². The van der Waals surface area contributed by atoms with E-state index in [1.807, 2.05) is 30.3 Å². The number of fused-ring (bicyclic) bond motifs is 2. The predicted octanol–water partition coefficient (Wildman–Crippen LogP) is 5.33. The van der Waals surface area contributed by atoms with E-state index in [1.165, 1.54) is 64.5 Å². The summed E-state index contributed by atoms with van der Waals surface area (Å²) in [6.07, 6.45) is 4.15. The van der Waals surface area contributed by atoms with Crippen molar-refractivity contribution in [2.24, 2.45) is 0 Å². The van der Waals surface area contributed by atoms with Gasteiger partial charge in [0.15, 0.2) is 17.3 Å². The highest BCUT2D eigenvalue weighted by Crippen LogP contribution is 2.41. The van der Waals surface area contributed by atoms with Gasteiger partial charge in [-0.2, -0.15) is 4.68 Å². The molecule has 2 amide bonds. The molecule has 0 aliphatic carbocycles. The average molecular weight is 667 g/mol. The van der Waals surface area contributed by atoms with E-state index in [0.717, 1.165) is 16.7 Å². The second-order valence-corrected chi connectivity index (χ2v) is 11.3. The molecular weight excluding hydrogens is 643 g/mol. The number of carboxylic acids is 1. The maximum atomic E-state index is 15.3. The lowest BCUT2D eigenvalue weighted by atomic mass is 9.86. The molecule has 2 aliphatic heterocycles. The Morgan fingerprint density at radius 2 is 1.83 bits per heavy atom. The summed E-state index contributed by atoms with van der Waals surface area (Å²) in [6, 6.07) is 18.6. The smallest absolute Gasteiger partial charge is 0.335 e. The minimum atomic E-state index is -1.10. The lowest BCUT2D eigenvalue weighted by Gasteiger charge is -2.37. The van der Waals surface area contributed by atoms with Crippen molar-refractivity contribution >= 4 is 41.1 Å². The summed E-state index contributed by atoms with van der Waals surface area (Å²) in [5, 5.41) is 23.0. The molecule has 2 N–H and O–H groups in total. The van der Waals surface area contributed by atoms with E-state index in [-0.39, 0.29) is 35.2 Å². The lowest BCUT2D eigenvalue weighted by molar-refractivity contribution is -0.135. The number of carboxylic acid groups (broad SMARTS) is 1. The van der Waals surface area contributed by atoms with Crippen LogP contribution >= 0.6 is 11.6 Å². The minimum absolute atomic E-state index is 0.0230. The number of ether oxygens (including phenoxy) is 2. The Kier molecular flexibility index (Phi) is 8.03. The fourth-order valence-corrected chi connectivity index (χ4v) is 6.03. The largest absolute Gasteiger partial charge is 0.478 e. The van der Waals surface area contributed by atoms with Crippen LogP contribution in [0.25, 0.3) is 22.9 Å². The molecule has 3 heterocycles. The zero-order chi connectivity index (χ0) is 33.4. The van der Waals surface area contributed by atoms with Crippen LogP contribution < -0.4 is 14.8 Å². The SMILES string of the molecule is O=C(O)c1ccc(NC(=O)C2c3cccc(-c4ccc5c(c4)OCO5)c3CCN2C(=O)/C=C/c2c(-n3cnnn3)ccc(Cl)c2F)cc1. The first kappa shape index (κ1) is 30.6. The van der Waals surface area contributed by atoms with Gasteiger partial charge in [0.25, 0.3) is 5.91 Å². The molecule has 240 valence electrons. The fourth-order valence-electron chi connectivity index (χ4n) is 5.87. The molecule has 48 heavy (non-hydrogen) atoms. The highest BCUT2D eigenvalue weighted by Gasteiger charge is 2.36. The van der Waals surface area contributed by atoms with Crippen molar-refractivity contribution in [3.63, 3.8) is 0 Å².